The molecule has 0 aromatic heterocycles. The van der Waals surface area contributed by atoms with E-state index in [1.165, 1.54) is 38.4 Å². The maximum absolute atomic E-state index is 11.6. The molecule has 0 aromatic carbocycles. The lowest BCUT2D eigenvalue weighted by molar-refractivity contribution is -0.136. The third-order valence-corrected chi connectivity index (χ3v) is 22.1. The number of hydrogen-bond acceptors (Lipinski definition) is 5. The molecule has 49 heavy (non-hydrogen) atoms. The molecular formula is C42H70O5Si2. The van der Waals surface area contributed by atoms with Gasteiger partial charge < -0.3 is 18.7 Å². The summed E-state index contributed by atoms with van der Waals surface area (Å²) < 4.78 is 18.8. The molecule has 0 radical (unpaired) electrons. The first kappa shape index (κ1) is 41.7. The zero-order valence-corrected chi connectivity index (χ0v) is 35.5. The van der Waals surface area contributed by atoms with Crippen LogP contribution in [0.4, 0.5) is 0 Å². The minimum absolute atomic E-state index is 0.0134. The number of aliphatic hydroxyl groups is 1. The number of hydrogen-bond donors (Lipinski definition) is 1. The van der Waals surface area contributed by atoms with Gasteiger partial charge in [-0.05, 0) is 109 Å². The van der Waals surface area contributed by atoms with Gasteiger partial charge in [-0.3, -0.25) is 0 Å². The number of fused-ring (bicyclic) bond motifs is 1. The van der Waals surface area contributed by atoms with E-state index in [9.17, 15) is 9.90 Å². The van der Waals surface area contributed by atoms with Gasteiger partial charge in [0.1, 0.15) is 6.10 Å². The van der Waals surface area contributed by atoms with Crippen molar-refractivity contribution in [3.63, 3.8) is 0 Å². The molecular weight excluding hydrogens is 641 g/mol. The highest BCUT2D eigenvalue weighted by Crippen LogP contribution is 2.60. The van der Waals surface area contributed by atoms with Gasteiger partial charge in [-0.2, -0.15) is 0 Å². The second-order valence-electron chi connectivity index (χ2n) is 18.7. The van der Waals surface area contributed by atoms with Crippen LogP contribution in [0.5, 0.6) is 0 Å². The molecule has 5 nitrogen and oxygen atoms in total. The van der Waals surface area contributed by atoms with Gasteiger partial charge in [-0.1, -0.05) is 92.2 Å². The molecule has 7 heteroatoms. The van der Waals surface area contributed by atoms with E-state index >= 15 is 0 Å². The van der Waals surface area contributed by atoms with Gasteiger partial charge in [0.2, 0.25) is 0 Å². The second-order valence-corrected chi connectivity index (χ2v) is 28.2. The lowest BCUT2D eigenvalue weighted by Gasteiger charge is -2.45. The van der Waals surface area contributed by atoms with Gasteiger partial charge in [-0.25, -0.2) is 4.79 Å². The van der Waals surface area contributed by atoms with E-state index in [1.807, 2.05) is 0 Å². The molecule has 3 aliphatic carbocycles. The van der Waals surface area contributed by atoms with E-state index in [1.54, 1.807) is 5.57 Å². The monoisotopic (exact) mass is 710 g/mol. The largest absolute Gasteiger partial charge is 0.466 e. The fourth-order valence-electron chi connectivity index (χ4n) is 7.97. The van der Waals surface area contributed by atoms with Crippen LogP contribution in [-0.4, -0.2) is 53.1 Å². The minimum Gasteiger partial charge on any atom is -0.466 e. The number of aliphatic hydroxyl groups excluding tert-OH is 1. The van der Waals surface area contributed by atoms with Crippen LogP contribution in [0.1, 0.15) is 113 Å². The van der Waals surface area contributed by atoms with Crippen LogP contribution in [-0.2, 0) is 18.4 Å². The molecule has 3 saturated carbocycles. The summed E-state index contributed by atoms with van der Waals surface area (Å²) in [5.41, 5.74) is 4.51. The normalized spacial score (nSPS) is 29.6. The van der Waals surface area contributed by atoms with E-state index in [0.717, 1.165) is 31.3 Å². The zero-order valence-electron chi connectivity index (χ0n) is 33.5. The molecule has 7 atom stereocenters. The van der Waals surface area contributed by atoms with Crippen LogP contribution in [0.15, 0.2) is 47.6 Å². The summed E-state index contributed by atoms with van der Waals surface area (Å²) in [6.07, 6.45) is 12.7. The lowest BCUT2D eigenvalue weighted by Crippen LogP contribution is -2.49. The maximum atomic E-state index is 11.6. The summed E-state index contributed by atoms with van der Waals surface area (Å²) in [6.45, 7) is 36.5. The van der Waals surface area contributed by atoms with Crippen molar-refractivity contribution in [2.24, 2.45) is 23.2 Å². The summed E-state index contributed by atoms with van der Waals surface area (Å²) in [4.78, 5) is 11.6. The first-order valence-electron chi connectivity index (χ1n) is 18.8. The standard InChI is InChI=1S/C42H70O5Si2/c1-29(18-16-20-34(43)26-30(2)39(44)45-11)36-23-24-37-32(19-17-25-42(36,37)10)21-22-33-27-35(46-48(12,13)40(4,5)6)28-38(31(33)3)47-49(14,15)41(7,8)9/h21-22,29,34-38,43H,2-3,17-19,23-28H2,1,4-15H3/t29-,34?,35-,36-,37+,38+,42-/m1/s1. The quantitative estimate of drug-likeness (QED) is 0.106. The Bertz CT molecular complexity index is 1350. The molecule has 0 aliphatic heterocycles. The Morgan fingerprint density at radius 2 is 1.67 bits per heavy atom. The lowest BCUT2D eigenvalue weighted by atomic mass is 9.61. The predicted octanol–water partition coefficient (Wildman–Crippen LogP) is 10.7. The molecule has 0 saturated heterocycles. The van der Waals surface area contributed by atoms with Gasteiger partial charge in [-0.15, -0.1) is 5.92 Å². The van der Waals surface area contributed by atoms with Gasteiger partial charge in [0.05, 0.1) is 19.3 Å². The molecule has 3 fully saturated rings. The zero-order chi connectivity index (χ0) is 37.2. The Labute approximate surface area is 302 Å². The molecule has 1 unspecified atom stereocenters. The number of carbonyl (C=O) groups excluding carboxylic acids is 1. The van der Waals surface area contributed by atoms with Crippen molar-refractivity contribution in [2.45, 2.75) is 168 Å². The topological polar surface area (TPSA) is 65.0 Å². The molecule has 0 spiro atoms. The maximum Gasteiger partial charge on any atom is 0.333 e. The molecule has 1 N–H and O–H groups in total. The summed E-state index contributed by atoms with van der Waals surface area (Å²) in [5.74, 6) is 7.26. The Hall–Kier alpha value is -1.70. The van der Waals surface area contributed by atoms with E-state index in [4.69, 9.17) is 13.6 Å². The first-order valence-corrected chi connectivity index (χ1v) is 24.6. The van der Waals surface area contributed by atoms with Crippen molar-refractivity contribution in [1.29, 1.82) is 0 Å². The van der Waals surface area contributed by atoms with Gasteiger partial charge in [0.25, 0.3) is 0 Å². The molecule has 0 aromatic rings. The van der Waals surface area contributed by atoms with Crippen molar-refractivity contribution in [3.8, 4) is 11.8 Å². The number of rotatable bonds is 10. The fourth-order valence-corrected chi connectivity index (χ4v) is 10.6. The summed E-state index contributed by atoms with van der Waals surface area (Å²) in [6, 6.07) is 0. The van der Waals surface area contributed by atoms with Crippen LogP contribution in [0, 0.1) is 35.0 Å². The van der Waals surface area contributed by atoms with Crippen molar-refractivity contribution in [2.75, 3.05) is 7.11 Å². The van der Waals surface area contributed by atoms with Gasteiger partial charge >= 0.3 is 5.97 Å². The summed E-state index contributed by atoms with van der Waals surface area (Å²) >= 11 is 0. The summed E-state index contributed by atoms with van der Waals surface area (Å²) in [7, 11) is -2.66. The van der Waals surface area contributed by atoms with Gasteiger partial charge in [0.15, 0.2) is 16.6 Å². The van der Waals surface area contributed by atoms with E-state index < -0.39 is 28.7 Å². The number of ether oxygens (including phenoxy) is 1. The van der Waals surface area contributed by atoms with Crippen LogP contribution < -0.4 is 0 Å². The average molecular weight is 711 g/mol. The molecule has 0 bridgehead atoms. The van der Waals surface area contributed by atoms with Crippen LogP contribution in [0.2, 0.25) is 36.3 Å². The van der Waals surface area contributed by atoms with Crippen molar-refractivity contribution in [1.82, 2.24) is 0 Å². The molecule has 3 rings (SSSR count). The average Bonchev–Trinajstić information content (AvgIpc) is 3.33. The smallest absolute Gasteiger partial charge is 0.333 e. The highest BCUT2D eigenvalue weighted by atomic mass is 28.4. The minimum atomic E-state index is -2.01. The fraction of sp³-hybridized carbons (Fsp3) is 0.738. The van der Waals surface area contributed by atoms with Crippen LogP contribution >= 0.6 is 0 Å². The van der Waals surface area contributed by atoms with Gasteiger partial charge in [0, 0.05) is 24.8 Å². The third kappa shape index (κ3) is 10.0. The van der Waals surface area contributed by atoms with E-state index in [-0.39, 0.29) is 39.7 Å². The third-order valence-electron chi connectivity index (χ3n) is 13.1. The number of esters is 1. The first-order chi connectivity index (χ1) is 22.4. The van der Waals surface area contributed by atoms with Crippen molar-refractivity contribution < 1.29 is 23.5 Å². The Kier molecular flexibility index (Phi) is 13.5. The molecule has 276 valence electrons. The predicted molar refractivity (Wildman–Crippen MR) is 210 cm³/mol. The Morgan fingerprint density at radius 3 is 2.27 bits per heavy atom. The number of carbonyl (C=O) groups is 1. The number of methoxy groups -OCH3 is 1. The Morgan fingerprint density at radius 1 is 1.06 bits per heavy atom. The van der Waals surface area contributed by atoms with E-state index in [0.29, 0.717) is 17.8 Å². The molecule has 3 aliphatic rings. The van der Waals surface area contributed by atoms with Crippen molar-refractivity contribution >= 4 is 22.6 Å². The van der Waals surface area contributed by atoms with E-state index in [2.05, 4.69) is 119 Å². The number of allylic oxidation sites excluding steroid dienone is 3. The molecule has 0 heterocycles. The SMILES string of the molecule is C=C(CC(O)C#CC[C@@H](C)[C@H]1CC[C@H]2C(=CC=C3C[C@@H](O[Si](C)(C)C(C)(C)C)C[C@H](O[Si](C)(C)C(C)(C)C)C3=C)CCC[C@]12C)C(=O)OC. The highest BCUT2D eigenvalue weighted by molar-refractivity contribution is 6.74. The van der Waals surface area contributed by atoms with Crippen molar-refractivity contribution in [3.05, 3.63) is 47.6 Å². The van der Waals surface area contributed by atoms with Crippen LogP contribution in [0.3, 0.4) is 0 Å². The second kappa shape index (κ2) is 15.9. The van der Waals surface area contributed by atoms with Crippen LogP contribution in [0.25, 0.3) is 0 Å². The molecule has 0 amide bonds. The summed E-state index contributed by atoms with van der Waals surface area (Å²) in [5, 5.41) is 10.6. The highest BCUT2D eigenvalue weighted by Gasteiger charge is 2.50. The Balaban J connectivity index is 1.82.